The van der Waals surface area contributed by atoms with Crippen LogP contribution in [0.25, 0.3) is 0 Å². The van der Waals surface area contributed by atoms with Crippen molar-refractivity contribution in [2.45, 2.75) is 6.92 Å². The normalized spacial score (nSPS) is 11.6. The van der Waals surface area contributed by atoms with Crippen LogP contribution in [0, 0.1) is 17.2 Å². The molecule has 0 fully saturated rings. The van der Waals surface area contributed by atoms with E-state index in [0.29, 0.717) is 17.9 Å². The standard InChI is InChI=1S/C11H14N4O/c1-8(5-12)7-15(2)11(16)9-3-4-10(13)14-6-9/h3-4,6,8H,7H2,1-2H3,(H2,13,14). The van der Waals surface area contributed by atoms with Crippen molar-refractivity contribution >= 4 is 11.7 Å². The average molecular weight is 218 g/mol. The first-order chi connectivity index (χ1) is 7.54. The summed E-state index contributed by atoms with van der Waals surface area (Å²) >= 11 is 0. The molecule has 16 heavy (non-hydrogen) atoms. The van der Waals surface area contributed by atoms with Crippen LogP contribution in [0.4, 0.5) is 5.82 Å². The van der Waals surface area contributed by atoms with Crippen LogP contribution in [0.15, 0.2) is 18.3 Å². The van der Waals surface area contributed by atoms with Crippen molar-refractivity contribution in [3.05, 3.63) is 23.9 Å². The molecule has 0 spiro atoms. The maximum absolute atomic E-state index is 11.8. The van der Waals surface area contributed by atoms with Crippen LogP contribution < -0.4 is 5.73 Å². The topological polar surface area (TPSA) is 83.0 Å². The number of aromatic nitrogens is 1. The van der Waals surface area contributed by atoms with Crippen molar-refractivity contribution in [2.24, 2.45) is 5.92 Å². The molecule has 1 heterocycles. The second-order valence-corrected chi connectivity index (χ2v) is 3.69. The summed E-state index contributed by atoms with van der Waals surface area (Å²) < 4.78 is 0. The lowest BCUT2D eigenvalue weighted by Gasteiger charge is -2.17. The quantitative estimate of drug-likeness (QED) is 0.816. The van der Waals surface area contributed by atoms with E-state index in [1.54, 1.807) is 26.1 Å². The zero-order valence-electron chi connectivity index (χ0n) is 9.34. The SMILES string of the molecule is CC(C#N)CN(C)C(=O)c1ccc(N)nc1. The van der Waals surface area contributed by atoms with Crippen molar-refractivity contribution in [3.63, 3.8) is 0 Å². The smallest absolute Gasteiger partial charge is 0.255 e. The number of amides is 1. The van der Waals surface area contributed by atoms with Crippen LogP contribution in [0.5, 0.6) is 0 Å². The molecule has 0 bridgehead atoms. The van der Waals surface area contributed by atoms with Crippen LogP contribution in [0.1, 0.15) is 17.3 Å². The zero-order valence-corrected chi connectivity index (χ0v) is 9.34. The summed E-state index contributed by atoms with van der Waals surface area (Å²) in [6.07, 6.45) is 1.44. The molecule has 1 atom stereocenters. The minimum Gasteiger partial charge on any atom is -0.384 e. The molecule has 0 saturated heterocycles. The van der Waals surface area contributed by atoms with Crippen molar-refractivity contribution < 1.29 is 4.79 Å². The number of anilines is 1. The summed E-state index contributed by atoms with van der Waals surface area (Å²) in [6.45, 7) is 2.17. The zero-order chi connectivity index (χ0) is 12.1. The van der Waals surface area contributed by atoms with E-state index in [0.717, 1.165) is 0 Å². The Bertz CT molecular complexity index is 407. The molecule has 1 rings (SSSR count). The Hall–Kier alpha value is -2.09. The number of nitrogens with two attached hydrogens (primary N) is 1. The fourth-order valence-electron chi connectivity index (χ4n) is 1.29. The molecule has 1 aromatic rings. The molecule has 5 nitrogen and oxygen atoms in total. The lowest BCUT2D eigenvalue weighted by atomic mass is 10.2. The van der Waals surface area contributed by atoms with Gasteiger partial charge in [-0.1, -0.05) is 0 Å². The molecule has 0 aliphatic carbocycles. The number of pyridine rings is 1. The highest BCUT2D eigenvalue weighted by Crippen LogP contribution is 2.06. The molecule has 1 aromatic heterocycles. The summed E-state index contributed by atoms with van der Waals surface area (Å²) in [5, 5.41) is 8.66. The highest BCUT2D eigenvalue weighted by atomic mass is 16.2. The number of rotatable bonds is 3. The van der Waals surface area contributed by atoms with Gasteiger partial charge in [0.25, 0.3) is 5.91 Å². The van der Waals surface area contributed by atoms with Crippen molar-refractivity contribution in [3.8, 4) is 6.07 Å². The summed E-state index contributed by atoms with van der Waals surface area (Å²) in [5.74, 6) is 0.0369. The summed E-state index contributed by atoms with van der Waals surface area (Å²) in [6, 6.07) is 5.28. The molecule has 0 radical (unpaired) electrons. The number of nitrogen functional groups attached to an aromatic ring is 1. The first kappa shape index (κ1) is 12.0. The van der Waals surface area contributed by atoms with Gasteiger partial charge in [-0.05, 0) is 19.1 Å². The van der Waals surface area contributed by atoms with Gasteiger partial charge in [0.15, 0.2) is 0 Å². The van der Waals surface area contributed by atoms with E-state index < -0.39 is 0 Å². The Labute approximate surface area is 94.5 Å². The molecule has 84 valence electrons. The number of hydrogen-bond donors (Lipinski definition) is 1. The van der Waals surface area contributed by atoms with Crippen molar-refractivity contribution in [1.29, 1.82) is 5.26 Å². The third-order valence-electron chi connectivity index (χ3n) is 2.15. The Morgan fingerprint density at radius 3 is 2.88 bits per heavy atom. The van der Waals surface area contributed by atoms with Crippen molar-refractivity contribution in [2.75, 3.05) is 19.3 Å². The Kier molecular flexibility index (Phi) is 3.84. The maximum Gasteiger partial charge on any atom is 0.255 e. The van der Waals surface area contributed by atoms with Crippen LogP contribution in [-0.2, 0) is 0 Å². The second-order valence-electron chi connectivity index (χ2n) is 3.69. The number of hydrogen-bond acceptors (Lipinski definition) is 4. The van der Waals surface area contributed by atoms with E-state index in [4.69, 9.17) is 11.0 Å². The van der Waals surface area contributed by atoms with E-state index in [2.05, 4.69) is 11.1 Å². The van der Waals surface area contributed by atoms with Gasteiger partial charge in [0, 0.05) is 19.8 Å². The van der Waals surface area contributed by atoms with Gasteiger partial charge in [-0.25, -0.2) is 4.98 Å². The fraction of sp³-hybridized carbons (Fsp3) is 0.364. The Morgan fingerprint density at radius 2 is 2.38 bits per heavy atom. The number of nitrogens with zero attached hydrogens (tertiary/aromatic N) is 3. The summed E-state index contributed by atoms with van der Waals surface area (Å²) in [4.78, 5) is 17.2. The van der Waals surface area contributed by atoms with Crippen LogP contribution in [-0.4, -0.2) is 29.4 Å². The van der Waals surface area contributed by atoms with Gasteiger partial charge < -0.3 is 10.6 Å². The Balaban J connectivity index is 2.71. The summed E-state index contributed by atoms with van der Waals surface area (Å²) in [7, 11) is 1.66. The number of carbonyl (C=O) groups is 1. The first-order valence-electron chi connectivity index (χ1n) is 4.91. The van der Waals surface area contributed by atoms with Gasteiger partial charge in [-0.15, -0.1) is 0 Å². The lowest BCUT2D eigenvalue weighted by Crippen LogP contribution is -2.30. The molecule has 0 aliphatic rings. The van der Waals surface area contributed by atoms with Gasteiger partial charge in [-0.3, -0.25) is 4.79 Å². The van der Waals surface area contributed by atoms with E-state index in [-0.39, 0.29) is 11.8 Å². The van der Waals surface area contributed by atoms with E-state index in [1.807, 2.05) is 0 Å². The maximum atomic E-state index is 11.8. The van der Waals surface area contributed by atoms with Crippen molar-refractivity contribution in [1.82, 2.24) is 9.88 Å². The van der Waals surface area contributed by atoms with Crippen LogP contribution in [0.2, 0.25) is 0 Å². The van der Waals surface area contributed by atoms with Gasteiger partial charge >= 0.3 is 0 Å². The minimum atomic E-state index is -0.185. The van der Waals surface area contributed by atoms with Gasteiger partial charge in [0.1, 0.15) is 5.82 Å². The third-order valence-corrected chi connectivity index (χ3v) is 2.15. The highest BCUT2D eigenvalue weighted by molar-refractivity contribution is 5.93. The van der Waals surface area contributed by atoms with Gasteiger partial charge in [-0.2, -0.15) is 5.26 Å². The van der Waals surface area contributed by atoms with E-state index >= 15 is 0 Å². The molecule has 5 heteroatoms. The number of nitriles is 1. The highest BCUT2D eigenvalue weighted by Gasteiger charge is 2.14. The average Bonchev–Trinajstić information content (AvgIpc) is 2.28. The molecule has 0 aromatic carbocycles. The molecule has 0 saturated carbocycles. The van der Waals surface area contributed by atoms with Gasteiger partial charge in [0.2, 0.25) is 0 Å². The first-order valence-corrected chi connectivity index (χ1v) is 4.91. The third kappa shape index (κ3) is 2.95. The lowest BCUT2D eigenvalue weighted by molar-refractivity contribution is 0.0785. The molecular weight excluding hydrogens is 204 g/mol. The molecule has 0 aliphatic heterocycles. The fourth-order valence-corrected chi connectivity index (χ4v) is 1.29. The molecule has 1 unspecified atom stereocenters. The van der Waals surface area contributed by atoms with Crippen LogP contribution >= 0.6 is 0 Å². The minimum absolute atomic E-state index is 0.158. The predicted molar refractivity (Wildman–Crippen MR) is 60.4 cm³/mol. The number of carbonyl (C=O) groups excluding carboxylic acids is 1. The molecular formula is C11H14N4O. The largest absolute Gasteiger partial charge is 0.384 e. The van der Waals surface area contributed by atoms with Gasteiger partial charge in [0.05, 0.1) is 17.6 Å². The summed E-state index contributed by atoms with van der Waals surface area (Å²) in [5.41, 5.74) is 5.90. The van der Waals surface area contributed by atoms with E-state index in [1.165, 1.54) is 11.1 Å². The second kappa shape index (κ2) is 5.12. The predicted octanol–water partition coefficient (Wildman–Crippen LogP) is 0.895. The molecule has 1 amide bonds. The van der Waals surface area contributed by atoms with Crippen LogP contribution in [0.3, 0.4) is 0 Å². The van der Waals surface area contributed by atoms with E-state index in [9.17, 15) is 4.79 Å². The monoisotopic (exact) mass is 218 g/mol. The Morgan fingerprint density at radius 1 is 1.69 bits per heavy atom. The molecule has 2 N–H and O–H groups in total.